The van der Waals surface area contributed by atoms with Crippen LogP contribution in [0.4, 0.5) is 0 Å². The molecular weight excluding hydrogens is 240 g/mol. The van der Waals surface area contributed by atoms with Crippen molar-refractivity contribution >= 4 is 17.6 Å². The molecule has 4 heteroatoms. The van der Waals surface area contributed by atoms with Crippen molar-refractivity contribution < 1.29 is 14.6 Å². The zero-order valence-electron chi connectivity index (χ0n) is 10.1. The molecule has 0 spiro atoms. The van der Waals surface area contributed by atoms with Crippen molar-refractivity contribution in [2.75, 3.05) is 7.11 Å². The zero-order chi connectivity index (χ0) is 12.8. The number of hydrogen-bond donors (Lipinski definition) is 1. The third kappa shape index (κ3) is 4.27. The van der Waals surface area contributed by atoms with Gasteiger partial charge in [0.1, 0.15) is 5.75 Å². The molecule has 0 aromatic heterocycles. The second-order valence-electron chi connectivity index (χ2n) is 4.01. The average Bonchev–Trinajstić information content (AvgIpc) is 2.28. The molecule has 1 aromatic rings. The SMILES string of the molecule is COc1cc(C)c(Cl)cc1CCCCC(=O)O. The Morgan fingerprint density at radius 2 is 2.12 bits per heavy atom. The zero-order valence-corrected chi connectivity index (χ0v) is 10.9. The summed E-state index contributed by atoms with van der Waals surface area (Å²) in [6.45, 7) is 1.93. The van der Waals surface area contributed by atoms with E-state index in [1.165, 1.54) is 0 Å². The van der Waals surface area contributed by atoms with Gasteiger partial charge in [0, 0.05) is 11.4 Å². The van der Waals surface area contributed by atoms with Gasteiger partial charge in [0.25, 0.3) is 0 Å². The quantitative estimate of drug-likeness (QED) is 0.793. The van der Waals surface area contributed by atoms with E-state index in [4.69, 9.17) is 21.4 Å². The first-order valence-electron chi connectivity index (χ1n) is 5.59. The first kappa shape index (κ1) is 13.8. The summed E-state index contributed by atoms with van der Waals surface area (Å²) >= 11 is 6.06. The molecule has 0 radical (unpaired) electrons. The molecule has 0 fully saturated rings. The lowest BCUT2D eigenvalue weighted by molar-refractivity contribution is -0.137. The maximum absolute atomic E-state index is 10.4. The van der Waals surface area contributed by atoms with Crippen LogP contribution in [0.3, 0.4) is 0 Å². The number of methoxy groups -OCH3 is 1. The Morgan fingerprint density at radius 3 is 2.71 bits per heavy atom. The Hall–Kier alpha value is -1.22. The van der Waals surface area contributed by atoms with Gasteiger partial charge in [-0.15, -0.1) is 0 Å². The Kier molecular flexibility index (Phi) is 5.29. The van der Waals surface area contributed by atoms with Crippen molar-refractivity contribution in [3.05, 3.63) is 28.3 Å². The Bertz CT molecular complexity index is 402. The summed E-state index contributed by atoms with van der Waals surface area (Å²) in [5, 5.41) is 9.27. The fraction of sp³-hybridized carbons (Fsp3) is 0.462. The van der Waals surface area contributed by atoms with Crippen LogP contribution in [0, 0.1) is 6.92 Å². The van der Waals surface area contributed by atoms with E-state index < -0.39 is 5.97 Å². The van der Waals surface area contributed by atoms with Crippen LogP contribution in [-0.2, 0) is 11.2 Å². The number of aryl methyl sites for hydroxylation is 2. The van der Waals surface area contributed by atoms with E-state index in [1.807, 2.05) is 19.1 Å². The molecule has 0 saturated carbocycles. The van der Waals surface area contributed by atoms with Gasteiger partial charge < -0.3 is 9.84 Å². The number of unbranched alkanes of at least 4 members (excludes halogenated alkanes) is 1. The van der Waals surface area contributed by atoms with Crippen LogP contribution in [0.5, 0.6) is 5.75 Å². The van der Waals surface area contributed by atoms with E-state index in [-0.39, 0.29) is 6.42 Å². The van der Waals surface area contributed by atoms with Crippen LogP contribution in [0.2, 0.25) is 5.02 Å². The summed E-state index contributed by atoms with van der Waals surface area (Å²) in [7, 11) is 1.63. The highest BCUT2D eigenvalue weighted by Crippen LogP contribution is 2.27. The van der Waals surface area contributed by atoms with Crippen LogP contribution < -0.4 is 4.74 Å². The van der Waals surface area contributed by atoms with Crippen LogP contribution >= 0.6 is 11.6 Å². The third-order valence-corrected chi connectivity index (χ3v) is 3.06. The summed E-state index contributed by atoms with van der Waals surface area (Å²) in [4.78, 5) is 10.4. The topological polar surface area (TPSA) is 46.5 Å². The molecule has 0 amide bonds. The summed E-state index contributed by atoms with van der Waals surface area (Å²) in [6.07, 6.45) is 2.49. The van der Waals surface area contributed by atoms with Gasteiger partial charge in [-0.05, 0) is 49.4 Å². The molecule has 0 aliphatic carbocycles. The minimum Gasteiger partial charge on any atom is -0.496 e. The van der Waals surface area contributed by atoms with E-state index in [9.17, 15) is 4.79 Å². The summed E-state index contributed by atoms with van der Waals surface area (Å²) in [5.41, 5.74) is 2.02. The predicted octanol–water partition coefficient (Wildman–Crippen LogP) is 3.45. The predicted molar refractivity (Wildman–Crippen MR) is 67.9 cm³/mol. The number of halogens is 1. The van der Waals surface area contributed by atoms with Crippen molar-refractivity contribution in [3.63, 3.8) is 0 Å². The second-order valence-corrected chi connectivity index (χ2v) is 4.42. The largest absolute Gasteiger partial charge is 0.496 e. The van der Waals surface area contributed by atoms with E-state index in [0.717, 1.165) is 34.7 Å². The highest BCUT2D eigenvalue weighted by molar-refractivity contribution is 6.31. The minimum absolute atomic E-state index is 0.210. The van der Waals surface area contributed by atoms with Crippen LogP contribution in [-0.4, -0.2) is 18.2 Å². The number of aliphatic carboxylic acids is 1. The Balaban J connectivity index is 2.63. The molecule has 17 heavy (non-hydrogen) atoms. The smallest absolute Gasteiger partial charge is 0.303 e. The first-order valence-corrected chi connectivity index (χ1v) is 5.97. The Labute approximate surface area is 106 Å². The lowest BCUT2D eigenvalue weighted by Gasteiger charge is -2.10. The summed E-state index contributed by atoms with van der Waals surface area (Å²) < 4.78 is 5.28. The van der Waals surface area contributed by atoms with Gasteiger partial charge in [0.2, 0.25) is 0 Å². The molecule has 0 aliphatic heterocycles. The van der Waals surface area contributed by atoms with E-state index in [0.29, 0.717) is 6.42 Å². The molecule has 94 valence electrons. The average molecular weight is 257 g/mol. The van der Waals surface area contributed by atoms with Crippen molar-refractivity contribution in [2.24, 2.45) is 0 Å². The number of carboxylic acids is 1. The monoisotopic (exact) mass is 256 g/mol. The standard InChI is InChI=1S/C13H17ClO3/c1-9-7-12(17-2)10(8-11(9)14)5-3-4-6-13(15)16/h7-8H,3-6H2,1-2H3,(H,15,16). The molecule has 1 aromatic carbocycles. The van der Waals surface area contributed by atoms with Gasteiger partial charge in [-0.1, -0.05) is 11.6 Å². The number of benzene rings is 1. The van der Waals surface area contributed by atoms with Crippen molar-refractivity contribution in [3.8, 4) is 5.75 Å². The molecule has 1 N–H and O–H groups in total. The van der Waals surface area contributed by atoms with Gasteiger partial charge in [0.05, 0.1) is 7.11 Å². The molecule has 0 bridgehead atoms. The molecule has 0 atom stereocenters. The fourth-order valence-corrected chi connectivity index (χ4v) is 1.86. The molecule has 1 rings (SSSR count). The van der Waals surface area contributed by atoms with Crippen molar-refractivity contribution in [1.29, 1.82) is 0 Å². The second kappa shape index (κ2) is 6.50. The number of ether oxygens (including phenoxy) is 1. The summed E-state index contributed by atoms with van der Waals surface area (Å²) in [6, 6.07) is 3.81. The lowest BCUT2D eigenvalue weighted by Crippen LogP contribution is -1.97. The van der Waals surface area contributed by atoms with Crippen LogP contribution in [0.1, 0.15) is 30.4 Å². The molecular formula is C13H17ClO3. The van der Waals surface area contributed by atoms with Crippen LogP contribution in [0.25, 0.3) is 0 Å². The van der Waals surface area contributed by atoms with Gasteiger partial charge in [-0.2, -0.15) is 0 Å². The molecule has 0 unspecified atom stereocenters. The maximum Gasteiger partial charge on any atom is 0.303 e. The van der Waals surface area contributed by atoms with E-state index >= 15 is 0 Å². The number of rotatable bonds is 6. The summed E-state index contributed by atoms with van der Waals surface area (Å²) in [5.74, 6) is 0.0705. The van der Waals surface area contributed by atoms with Crippen molar-refractivity contribution in [2.45, 2.75) is 32.6 Å². The highest BCUT2D eigenvalue weighted by Gasteiger charge is 2.07. The molecule has 0 saturated heterocycles. The van der Waals surface area contributed by atoms with Crippen molar-refractivity contribution in [1.82, 2.24) is 0 Å². The lowest BCUT2D eigenvalue weighted by atomic mass is 10.0. The maximum atomic E-state index is 10.4. The van der Waals surface area contributed by atoms with Gasteiger partial charge >= 0.3 is 5.97 Å². The normalized spacial score (nSPS) is 10.3. The highest BCUT2D eigenvalue weighted by atomic mass is 35.5. The number of hydrogen-bond acceptors (Lipinski definition) is 2. The van der Waals surface area contributed by atoms with Gasteiger partial charge in [0.15, 0.2) is 0 Å². The molecule has 3 nitrogen and oxygen atoms in total. The fourth-order valence-electron chi connectivity index (χ4n) is 1.67. The minimum atomic E-state index is -0.751. The van der Waals surface area contributed by atoms with Gasteiger partial charge in [-0.25, -0.2) is 0 Å². The first-order chi connectivity index (χ1) is 8.04. The Morgan fingerprint density at radius 1 is 1.41 bits per heavy atom. The van der Waals surface area contributed by atoms with E-state index in [1.54, 1.807) is 7.11 Å². The number of carbonyl (C=O) groups is 1. The number of carboxylic acid groups (broad SMARTS) is 1. The van der Waals surface area contributed by atoms with Gasteiger partial charge in [-0.3, -0.25) is 4.79 Å². The molecule has 0 heterocycles. The molecule has 0 aliphatic rings. The van der Waals surface area contributed by atoms with Crippen LogP contribution in [0.15, 0.2) is 12.1 Å². The van der Waals surface area contributed by atoms with E-state index in [2.05, 4.69) is 0 Å². The third-order valence-electron chi connectivity index (χ3n) is 2.65.